The number of aliphatic imine (C=N–C) groups is 1. The minimum absolute atomic E-state index is 0.0317. The molecule has 0 bridgehead atoms. The Labute approximate surface area is 166 Å². The molecule has 0 saturated carbocycles. The average molecular weight is 380 g/mol. The maximum atomic E-state index is 6.07. The Morgan fingerprint density at radius 2 is 2.18 bits per heavy atom. The number of fused-ring (bicyclic) bond motifs is 1. The lowest BCUT2D eigenvalue weighted by atomic mass is 10.1. The van der Waals surface area contributed by atoms with E-state index in [-0.39, 0.29) is 6.04 Å². The second-order valence-electron chi connectivity index (χ2n) is 6.67. The van der Waals surface area contributed by atoms with Crippen molar-refractivity contribution in [2.24, 2.45) is 4.99 Å². The van der Waals surface area contributed by atoms with E-state index in [4.69, 9.17) is 9.15 Å². The predicted octanol–water partition coefficient (Wildman–Crippen LogP) is 4.00. The second kappa shape index (κ2) is 9.26. The SMILES string of the molecule is CCOc1cccc2cc(C(C)NC(=NC)NCCc3ccncc3C)oc12. The lowest BCUT2D eigenvalue weighted by molar-refractivity contribution is 0.336. The van der Waals surface area contributed by atoms with Gasteiger partial charge in [0.15, 0.2) is 17.3 Å². The maximum absolute atomic E-state index is 6.07. The highest BCUT2D eigenvalue weighted by molar-refractivity contribution is 5.84. The van der Waals surface area contributed by atoms with E-state index >= 15 is 0 Å². The van der Waals surface area contributed by atoms with E-state index < -0.39 is 0 Å². The fourth-order valence-electron chi connectivity index (χ4n) is 3.11. The number of para-hydroxylation sites is 1. The molecule has 6 heteroatoms. The molecule has 0 aliphatic heterocycles. The van der Waals surface area contributed by atoms with Crippen LogP contribution in [0.15, 0.2) is 52.1 Å². The van der Waals surface area contributed by atoms with Crippen molar-refractivity contribution >= 4 is 16.9 Å². The van der Waals surface area contributed by atoms with Crippen LogP contribution in [0, 0.1) is 6.92 Å². The highest BCUT2D eigenvalue weighted by atomic mass is 16.5. The van der Waals surface area contributed by atoms with Gasteiger partial charge in [-0.25, -0.2) is 0 Å². The largest absolute Gasteiger partial charge is 0.490 e. The fourth-order valence-corrected chi connectivity index (χ4v) is 3.11. The zero-order valence-electron chi connectivity index (χ0n) is 17.0. The molecule has 3 aromatic rings. The number of aromatic nitrogens is 1. The molecule has 0 aliphatic rings. The molecule has 1 unspecified atom stereocenters. The topological polar surface area (TPSA) is 71.7 Å². The van der Waals surface area contributed by atoms with Gasteiger partial charge in [-0.15, -0.1) is 0 Å². The molecule has 0 radical (unpaired) electrons. The van der Waals surface area contributed by atoms with Crippen molar-refractivity contribution in [2.75, 3.05) is 20.2 Å². The van der Waals surface area contributed by atoms with Crippen LogP contribution in [0.25, 0.3) is 11.0 Å². The van der Waals surface area contributed by atoms with E-state index in [1.807, 2.05) is 43.6 Å². The zero-order chi connectivity index (χ0) is 19.9. The van der Waals surface area contributed by atoms with Gasteiger partial charge in [-0.1, -0.05) is 12.1 Å². The summed E-state index contributed by atoms with van der Waals surface area (Å²) in [5.41, 5.74) is 3.27. The summed E-state index contributed by atoms with van der Waals surface area (Å²) >= 11 is 0. The van der Waals surface area contributed by atoms with E-state index in [9.17, 15) is 0 Å². The Morgan fingerprint density at radius 1 is 1.32 bits per heavy atom. The third-order valence-corrected chi connectivity index (χ3v) is 4.65. The van der Waals surface area contributed by atoms with Crippen LogP contribution in [0.2, 0.25) is 0 Å². The quantitative estimate of drug-likeness (QED) is 0.479. The second-order valence-corrected chi connectivity index (χ2v) is 6.67. The molecular formula is C22H28N4O2. The van der Waals surface area contributed by atoms with Crippen LogP contribution in [0.3, 0.4) is 0 Å². The van der Waals surface area contributed by atoms with Crippen molar-refractivity contribution in [1.82, 2.24) is 15.6 Å². The van der Waals surface area contributed by atoms with Gasteiger partial charge in [-0.05, 0) is 56.5 Å². The predicted molar refractivity (Wildman–Crippen MR) is 113 cm³/mol. The van der Waals surface area contributed by atoms with Crippen LogP contribution < -0.4 is 15.4 Å². The monoisotopic (exact) mass is 380 g/mol. The van der Waals surface area contributed by atoms with Crippen LogP contribution in [0.1, 0.15) is 36.8 Å². The summed E-state index contributed by atoms with van der Waals surface area (Å²) in [5, 5.41) is 7.78. The van der Waals surface area contributed by atoms with Crippen LogP contribution in [0.4, 0.5) is 0 Å². The molecule has 0 spiro atoms. The Bertz CT molecular complexity index is 949. The first-order valence-electron chi connectivity index (χ1n) is 9.64. The first-order valence-corrected chi connectivity index (χ1v) is 9.64. The molecular weight excluding hydrogens is 352 g/mol. The van der Waals surface area contributed by atoms with Gasteiger partial charge in [0.1, 0.15) is 5.76 Å². The van der Waals surface area contributed by atoms with Gasteiger partial charge in [-0.2, -0.15) is 0 Å². The summed E-state index contributed by atoms with van der Waals surface area (Å²) in [6.45, 7) is 7.49. The molecule has 2 heterocycles. The minimum Gasteiger partial charge on any atom is -0.490 e. The van der Waals surface area contributed by atoms with Gasteiger partial charge in [0.2, 0.25) is 0 Å². The summed E-state index contributed by atoms with van der Waals surface area (Å²) < 4.78 is 11.7. The summed E-state index contributed by atoms with van der Waals surface area (Å²) in [5.74, 6) is 2.36. The van der Waals surface area contributed by atoms with E-state index in [2.05, 4.69) is 40.5 Å². The third kappa shape index (κ3) is 4.63. The number of benzene rings is 1. The zero-order valence-corrected chi connectivity index (χ0v) is 17.0. The molecule has 0 saturated heterocycles. The number of aryl methyl sites for hydroxylation is 1. The third-order valence-electron chi connectivity index (χ3n) is 4.65. The van der Waals surface area contributed by atoms with Crippen LogP contribution in [-0.4, -0.2) is 31.1 Å². The summed E-state index contributed by atoms with van der Waals surface area (Å²) in [6.07, 6.45) is 4.63. The smallest absolute Gasteiger partial charge is 0.191 e. The Kier molecular flexibility index (Phi) is 6.53. The molecule has 148 valence electrons. The van der Waals surface area contributed by atoms with Gasteiger partial charge in [-0.3, -0.25) is 9.98 Å². The van der Waals surface area contributed by atoms with E-state index in [0.29, 0.717) is 6.61 Å². The van der Waals surface area contributed by atoms with Gasteiger partial charge in [0.25, 0.3) is 0 Å². The first-order chi connectivity index (χ1) is 13.6. The van der Waals surface area contributed by atoms with E-state index in [1.165, 1.54) is 11.1 Å². The van der Waals surface area contributed by atoms with Gasteiger partial charge >= 0.3 is 0 Å². The standard InChI is InChI=1S/C22H28N4O2/c1-5-27-19-8-6-7-18-13-20(28-21(18)19)16(3)26-22(23-4)25-12-10-17-9-11-24-14-15(17)2/h6-9,11,13-14,16H,5,10,12H2,1-4H3,(H2,23,25,26). The lowest BCUT2D eigenvalue weighted by Crippen LogP contribution is -2.39. The number of guanidine groups is 1. The van der Waals surface area contributed by atoms with Crippen molar-refractivity contribution in [2.45, 2.75) is 33.2 Å². The maximum Gasteiger partial charge on any atom is 0.191 e. The van der Waals surface area contributed by atoms with Crippen LogP contribution in [-0.2, 0) is 6.42 Å². The van der Waals surface area contributed by atoms with Gasteiger partial charge in [0.05, 0.1) is 12.6 Å². The Hall–Kier alpha value is -3.02. The molecule has 0 amide bonds. The number of rotatable bonds is 7. The molecule has 1 atom stereocenters. The lowest BCUT2D eigenvalue weighted by Gasteiger charge is -2.16. The van der Waals surface area contributed by atoms with Crippen molar-refractivity contribution in [1.29, 1.82) is 0 Å². The molecule has 3 rings (SSSR count). The van der Waals surface area contributed by atoms with Crippen LogP contribution >= 0.6 is 0 Å². The molecule has 2 aromatic heterocycles. The van der Waals surface area contributed by atoms with E-state index in [0.717, 1.165) is 41.4 Å². The number of nitrogens with zero attached hydrogens (tertiary/aromatic N) is 2. The normalized spacial score (nSPS) is 12.8. The molecule has 2 N–H and O–H groups in total. The molecule has 28 heavy (non-hydrogen) atoms. The Morgan fingerprint density at radius 3 is 2.93 bits per heavy atom. The van der Waals surface area contributed by atoms with Gasteiger partial charge < -0.3 is 19.8 Å². The number of furan rings is 1. The van der Waals surface area contributed by atoms with Crippen LogP contribution in [0.5, 0.6) is 5.75 Å². The highest BCUT2D eigenvalue weighted by Gasteiger charge is 2.15. The highest BCUT2D eigenvalue weighted by Crippen LogP contribution is 2.31. The number of hydrogen-bond donors (Lipinski definition) is 2. The summed E-state index contributed by atoms with van der Waals surface area (Å²) in [6, 6.07) is 10.0. The number of pyridine rings is 1. The molecule has 0 fully saturated rings. The molecule has 0 aliphatic carbocycles. The molecule has 1 aromatic carbocycles. The fraction of sp³-hybridized carbons (Fsp3) is 0.364. The average Bonchev–Trinajstić information content (AvgIpc) is 3.14. The number of hydrogen-bond acceptors (Lipinski definition) is 4. The minimum atomic E-state index is -0.0317. The van der Waals surface area contributed by atoms with Crippen molar-refractivity contribution in [3.63, 3.8) is 0 Å². The summed E-state index contributed by atoms with van der Waals surface area (Å²) in [4.78, 5) is 8.46. The van der Waals surface area contributed by atoms with Crippen molar-refractivity contribution < 1.29 is 9.15 Å². The molecule has 6 nitrogen and oxygen atoms in total. The van der Waals surface area contributed by atoms with Crippen molar-refractivity contribution in [3.05, 3.63) is 59.6 Å². The summed E-state index contributed by atoms with van der Waals surface area (Å²) in [7, 11) is 1.77. The van der Waals surface area contributed by atoms with Crippen molar-refractivity contribution in [3.8, 4) is 5.75 Å². The van der Waals surface area contributed by atoms with E-state index in [1.54, 1.807) is 7.05 Å². The number of nitrogens with one attached hydrogen (secondary N) is 2. The first kappa shape index (κ1) is 19.7. The Balaban J connectivity index is 1.62. The number of ether oxygens (including phenoxy) is 1. The van der Waals surface area contributed by atoms with Gasteiger partial charge in [0, 0.05) is 31.4 Å².